The molecule has 0 aliphatic carbocycles. The number of nitrogens with zero attached hydrogens (tertiary/aromatic N) is 1. The lowest BCUT2D eigenvalue weighted by molar-refractivity contribution is -0.122. The molecule has 1 heterocycles. The summed E-state index contributed by atoms with van der Waals surface area (Å²) in [4.78, 5) is 11.1. The summed E-state index contributed by atoms with van der Waals surface area (Å²) in [5.74, 6) is 0.676. The molecule has 1 unspecified atom stereocenters. The first-order chi connectivity index (χ1) is 6.24. The molecule has 0 saturated heterocycles. The number of aromatic nitrogens is 1. The van der Waals surface area contributed by atoms with Gasteiger partial charge in [0.15, 0.2) is 0 Å². The van der Waals surface area contributed by atoms with Crippen LogP contribution in [0.2, 0.25) is 0 Å². The summed E-state index contributed by atoms with van der Waals surface area (Å²) in [5, 5.41) is 9.09. The molecule has 5 nitrogen and oxygen atoms in total. The van der Waals surface area contributed by atoms with Gasteiger partial charge < -0.3 is 9.84 Å². The predicted octanol–water partition coefficient (Wildman–Crippen LogP) is -0.101. The normalized spacial score (nSPS) is 12.5. The molecule has 2 N–H and O–H groups in total. The minimum absolute atomic E-state index is 0.0421. The van der Waals surface area contributed by atoms with Crippen molar-refractivity contribution in [1.82, 2.24) is 15.8 Å². The molecule has 0 aliphatic heterocycles. The Bertz CT molecular complexity index is 258. The van der Waals surface area contributed by atoms with Crippen LogP contribution in [0, 0.1) is 0 Å². The molecule has 0 radical (unpaired) electrons. The van der Waals surface area contributed by atoms with Gasteiger partial charge in [-0.05, 0) is 6.92 Å². The van der Waals surface area contributed by atoms with E-state index in [1.165, 1.54) is 0 Å². The predicted molar refractivity (Wildman–Crippen MR) is 46.9 cm³/mol. The molecule has 0 aliphatic rings. The first-order valence-corrected chi connectivity index (χ1v) is 4.08. The standard InChI is InChI=1S/C8H13N3O2/c1-6(8(12)9-2)10-5-7-3-4-11-13-7/h3-4,6,10H,5H2,1-2H3,(H,9,12). The van der Waals surface area contributed by atoms with Crippen molar-refractivity contribution in [2.75, 3.05) is 7.05 Å². The van der Waals surface area contributed by atoms with Gasteiger partial charge in [0.05, 0.1) is 18.8 Å². The lowest BCUT2D eigenvalue weighted by atomic mass is 10.3. The molecule has 1 aromatic heterocycles. The van der Waals surface area contributed by atoms with Crippen molar-refractivity contribution in [3.05, 3.63) is 18.0 Å². The maximum absolute atomic E-state index is 11.1. The topological polar surface area (TPSA) is 67.2 Å². The van der Waals surface area contributed by atoms with Gasteiger partial charge in [-0.15, -0.1) is 0 Å². The molecule has 0 spiro atoms. The molecule has 1 rings (SSSR count). The molecular formula is C8H13N3O2. The van der Waals surface area contributed by atoms with E-state index in [1.54, 1.807) is 26.2 Å². The van der Waals surface area contributed by atoms with Crippen molar-refractivity contribution in [2.45, 2.75) is 19.5 Å². The molecule has 1 aromatic rings. The van der Waals surface area contributed by atoms with E-state index in [0.717, 1.165) is 5.76 Å². The maximum Gasteiger partial charge on any atom is 0.236 e. The van der Waals surface area contributed by atoms with Crippen LogP contribution in [-0.4, -0.2) is 24.2 Å². The quantitative estimate of drug-likeness (QED) is 0.684. The van der Waals surface area contributed by atoms with Gasteiger partial charge in [-0.3, -0.25) is 10.1 Å². The van der Waals surface area contributed by atoms with Gasteiger partial charge in [-0.1, -0.05) is 5.16 Å². The lowest BCUT2D eigenvalue weighted by Gasteiger charge is -2.09. The highest BCUT2D eigenvalue weighted by molar-refractivity contribution is 5.80. The third kappa shape index (κ3) is 2.87. The summed E-state index contributed by atoms with van der Waals surface area (Å²) in [7, 11) is 1.61. The van der Waals surface area contributed by atoms with Gasteiger partial charge in [0.1, 0.15) is 5.76 Å². The van der Waals surface area contributed by atoms with Crippen LogP contribution in [0.25, 0.3) is 0 Å². The molecule has 5 heteroatoms. The molecule has 1 amide bonds. The van der Waals surface area contributed by atoms with Crippen molar-refractivity contribution >= 4 is 5.91 Å². The third-order valence-electron chi connectivity index (χ3n) is 1.71. The Hall–Kier alpha value is -1.36. The second-order valence-corrected chi connectivity index (χ2v) is 2.70. The van der Waals surface area contributed by atoms with Crippen LogP contribution < -0.4 is 10.6 Å². The number of amides is 1. The van der Waals surface area contributed by atoms with E-state index in [1.807, 2.05) is 0 Å². The van der Waals surface area contributed by atoms with E-state index in [9.17, 15) is 4.79 Å². The summed E-state index contributed by atoms with van der Waals surface area (Å²) in [5.41, 5.74) is 0. The summed E-state index contributed by atoms with van der Waals surface area (Å²) < 4.78 is 4.85. The van der Waals surface area contributed by atoms with Crippen molar-refractivity contribution < 1.29 is 9.32 Å². The highest BCUT2D eigenvalue weighted by atomic mass is 16.5. The second kappa shape index (κ2) is 4.61. The molecule has 72 valence electrons. The van der Waals surface area contributed by atoms with Crippen molar-refractivity contribution in [3.8, 4) is 0 Å². The molecule has 0 saturated carbocycles. The average molecular weight is 183 g/mol. The van der Waals surface area contributed by atoms with Gasteiger partial charge in [0.25, 0.3) is 0 Å². The first kappa shape index (κ1) is 9.73. The van der Waals surface area contributed by atoms with Gasteiger partial charge >= 0.3 is 0 Å². The highest BCUT2D eigenvalue weighted by Gasteiger charge is 2.09. The fraction of sp³-hybridized carbons (Fsp3) is 0.500. The summed E-state index contributed by atoms with van der Waals surface area (Å²) >= 11 is 0. The molecule has 1 atom stereocenters. The van der Waals surface area contributed by atoms with Gasteiger partial charge in [-0.2, -0.15) is 0 Å². The largest absolute Gasteiger partial charge is 0.360 e. The average Bonchev–Trinajstić information content (AvgIpc) is 2.65. The van der Waals surface area contributed by atoms with Crippen molar-refractivity contribution in [3.63, 3.8) is 0 Å². The van der Waals surface area contributed by atoms with Crippen LogP contribution in [0.5, 0.6) is 0 Å². The highest BCUT2D eigenvalue weighted by Crippen LogP contribution is 1.95. The number of nitrogens with one attached hydrogen (secondary N) is 2. The van der Waals surface area contributed by atoms with Crippen LogP contribution in [0.4, 0.5) is 0 Å². The van der Waals surface area contributed by atoms with E-state index >= 15 is 0 Å². The zero-order chi connectivity index (χ0) is 9.68. The van der Waals surface area contributed by atoms with E-state index in [-0.39, 0.29) is 11.9 Å². The Morgan fingerprint density at radius 2 is 2.54 bits per heavy atom. The number of hydrogen-bond donors (Lipinski definition) is 2. The molecule has 13 heavy (non-hydrogen) atoms. The zero-order valence-corrected chi connectivity index (χ0v) is 7.70. The number of rotatable bonds is 4. The van der Waals surface area contributed by atoms with Gasteiger partial charge in [-0.25, -0.2) is 0 Å². The lowest BCUT2D eigenvalue weighted by Crippen LogP contribution is -2.40. The smallest absolute Gasteiger partial charge is 0.236 e. The summed E-state index contributed by atoms with van der Waals surface area (Å²) in [6.45, 7) is 2.30. The number of carbonyl (C=O) groups excluding carboxylic acids is 1. The minimum atomic E-state index is -0.227. The molecule has 0 bridgehead atoms. The number of likely N-dealkylation sites (N-methyl/N-ethyl adjacent to an activating group) is 1. The summed E-state index contributed by atoms with van der Waals surface area (Å²) in [6, 6.07) is 1.53. The Morgan fingerprint density at radius 1 is 1.77 bits per heavy atom. The van der Waals surface area contributed by atoms with Crippen LogP contribution in [0.3, 0.4) is 0 Å². The van der Waals surface area contributed by atoms with E-state index in [0.29, 0.717) is 6.54 Å². The Labute approximate surface area is 76.5 Å². The monoisotopic (exact) mass is 183 g/mol. The van der Waals surface area contributed by atoms with Crippen LogP contribution in [0.15, 0.2) is 16.8 Å². The SMILES string of the molecule is CNC(=O)C(C)NCc1ccno1. The van der Waals surface area contributed by atoms with Crippen LogP contribution in [-0.2, 0) is 11.3 Å². The maximum atomic E-state index is 11.1. The minimum Gasteiger partial charge on any atom is -0.360 e. The van der Waals surface area contributed by atoms with E-state index in [4.69, 9.17) is 4.52 Å². The molecule has 0 aromatic carbocycles. The van der Waals surface area contributed by atoms with Gasteiger partial charge in [0, 0.05) is 13.1 Å². The summed E-state index contributed by atoms with van der Waals surface area (Å²) in [6.07, 6.45) is 1.57. The van der Waals surface area contributed by atoms with Crippen LogP contribution >= 0.6 is 0 Å². The van der Waals surface area contributed by atoms with Crippen LogP contribution in [0.1, 0.15) is 12.7 Å². The Morgan fingerprint density at radius 3 is 3.08 bits per heavy atom. The van der Waals surface area contributed by atoms with E-state index < -0.39 is 0 Å². The first-order valence-electron chi connectivity index (χ1n) is 4.08. The molecular weight excluding hydrogens is 170 g/mol. The molecule has 0 fully saturated rings. The number of hydrogen-bond acceptors (Lipinski definition) is 4. The number of carbonyl (C=O) groups is 1. The van der Waals surface area contributed by atoms with Crippen molar-refractivity contribution in [2.24, 2.45) is 0 Å². The van der Waals surface area contributed by atoms with Crippen molar-refractivity contribution in [1.29, 1.82) is 0 Å². The van der Waals surface area contributed by atoms with E-state index in [2.05, 4.69) is 15.8 Å². The third-order valence-corrected chi connectivity index (χ3v) is 1.71. The Kier molecular flexibility index (Phi) is 3.45. The van der Waals surface area contributed by atoms with Gasteiger partial charge in [0.2, 0.25) is 5.91 Å². The Balaban J connectivity index is 2.30. The second-order valence-electron chi connectivity index (χ2n) is 2.70. The fourth-order valence-electron chi connectivity index (χ4n) is 0.896. The fourth-order valence-corrected chi connectivity index (χ4v) is 0.896. The zero-order valence-electron chi connectivity index (χ0n) is 7.70.